The second-order valence-electron chi connectivity index (χ2n) is 7.26. The predicted octanol–water partition coefficient (Wildman–Crippen LogP) is 2.66. The molecule has 0 aliphatic carbocycles. The van der Waals surface area contributed by atoms with Gasteiger partial charge < -0.3 is 20.9 Å². The molecule has 7 nitrogen and oxygen atoms in total. The van der Waals surface area contributed by atoms with E-state index in [0.717, 1.165) is 24.9 Å². The van der Waals surface area contributed by atoms with Crippen LogP contribution in [0.4, 0.5) is 10.5 Å². The van der Waals surface area contributed by atoms with Crippen LogP contribution in [0.15, 0.2) is 18.2 Å². The van der Waals surface area contributed by atoms with Crippen LogP contribution in [0.3, 0.4) is 0 Å². The summed E-state index contributed by atoms with van der Waals surface area (Å²) in [5.74, 6) is 0.0264. The summed E-state index contributed by atoms with van der Waals surface area (Å²) in [5.41, 5.74) is 2.03. The van der Waals surface area contributed by atoms with Crippen LogP contribution in [0.2, 0.25) is 0 Å². The Bertz CT molecular complexity index is 704. The molecule has 1 aliphatic rings. The molecule has 27 heavy (non-hydrogen) atoms. The lowest BCUT2D eigenvalue weighted by atomic mass is 10.1. The molecule has 0 spiro atoms. The van der Waals surface area contributed by atoms with E-state index >= 15 is 0 Å². The third-order valence-corrected chi connectivity index (χ3v) is 4.77. The molecule has 7 heteroatoms. The molecule has 0 saturated carbocycles. The van der Waals surface area contributed by atoms with Crippen molar-refractivity contribution in [3.8, 4) is 0 Å². The quantitative estimate of drug-likeness (QED) is 0.685. The molecule has 1 heterocycles. The highest BCUT2D eigenvalue weighted by Crippen LogP contribution is 2.17. The Hall–Kier alpha value is -2.57. The summed E-state index contributed by atoms with van der Waals surface area (Å²) in [4.78, 5) is 37.9. The number of benzene rings is 1. The third-order valence-electron chi connectivity index (χ3n) is 4.77. The fourth-order valence-corrected chi connectivity index (χ4v) is 3.01. The number of rotatable bonds is 7. The summed E-state index contributed by atoms with van der Waals surface area (Å²) in [6, 6.07) is 4.84. The molecule has 0 bridgehead atoms. The number of amides is 4. The van der Waals surface area contributed by atoms with Crippen LogP contribution in [-0.4, -0.2) is 47.9 Å². The zero-order chi connectivity index (χ0) is 20.0. The summed E-state index contributed by atoms with van der Waals surface area (Å²) in [7, 11) is 0. The average molecular weight is 374 g/mol. The van der Waals surface area contributed by atoms with Crippen LogP contribution in [0.5, 0.6) is 0 Å². The van der Waals surface area contributed by atoms with Crippen LogP contribution >= 0.6 is 0 Å². The van der Waals surface area contributed by atoms with Gasteiger partial charge in [-0.2, -0.15) is 0 Å². The van der Waals surface area contributed by atoms with Crippen molar-refractivity contribution in [1.82, 2.24) is 15.5 Å². The molecule has 1 saturated heterocycles. The maximum absolute atomic E-state index is 12.2. The van der Waals surface area contributed by atoms with E-state index in [1.165, 1.54) is 0 Å². The highest BCUT2D eigenvalue weighted by atomic mass is 16.2. The van der Waals surface area contributed by atoms with Gasteiger partial charge in [0, 0.05) is 42.8 Å². The number of hydrogen-bond acceptors (Lipinski definition) is 3. The van der Waals surface area contributed by atoms with Gasteiger partial charge >= 0.3 is 6.03 Å². The maximum Gasteiger partial charge on any atom is 0.319 e. The van der Waals surface area contributed by atoms with Crippen LogP contribution in [0, 0.1) is 6.92 Å². The molecule has 2 atom stereocenters. The minimum absolute atomic E-state index is 0.116. The molecule has 3 N–H and O–H groups in total. The zero-order valence-corrected chi connectivity index (χ0v) is 16.6. The van der Waals surface area contributed by atoms with Crippen molar-refractivity contribution < 1.29 is 14.4 Å². The van der Waals surface area contributed by atoms with Gasteiger partial charge in [-0.25, -0.2) is 4.79 Å². The largest absolute Gasteiger partial charge is 0.350 e. The summed E-state index contributed by atoms with van der Waals surface area (Å²) < 4.78 is 0. The van der Waals surface area contributed by atoms with Crippen LogP contribution in [0.1, 0.15) is 56.0 Å². The number of hydrogen-bond donors (Lipinski definition) is 3. The van der Waals surface area contributed by atoms with Gasteiger partial charge in [-0.05, 0) is 57.4 Å². The van der Waals surface area contributed by atoms with E-state index in [4.69, 9.17) is 0 Å². The van der Waals surface area contributed by atoms with Gasteiger partial charge in [0.2, 0.25) is 5.91 Å². The molecular weight excluding hydrogens is 344 g/mol. The molecule has 2 unspecified atom stereocenters. The Kier molecular flexibility index (Phi) is 7.21. The lowest BCUT2D eigenvalue weighted by molar-refractivity contribution is -0.127. The summed E-state index contributed by atoms with van der Waals surface area (Å²) in [6.45, 7) is 8.97. The van der Waals surface area contributed by atoms with Gasteiger partial charge in [0.1, 0.15) is 0 Å². The van der Waals surface area contributed by atoms with E-state index < -0.39 is 0 Å². The van der Waals surface area contributed by atoms with Crippen LogP contribution in [-0.2, 0) is 4.79 Å². The van der Waals surface area contributed by atoms with Gasteiger partial charge in [0.15, 0.2) is 0 Å². The van der Waals surface area contributed by atoms with Gasteiger partial charge in [-0.3, -0.25) is 9.59 Å². The summed E-state index contributed by atoms with van der Waals surface area (Å²) in [5, 5.41) is 8.59. The first-order chi connectivity index (χ1) is 12.8. The van der Waals surface area contributed by atoms with E-state index in [0.29, 0.717) is 24.2 Å². The van der Waals surface area contributed by atoms with Crippen molar-refractivity contribution in [3.05, 3.63) is 29.3 Å². The Morgan fingerprint density at radius 1 is 1.19 bits per heavy atom. The van der Waals surface area contributed by atoms with Crippen molar-refractivity contribution in [1.29, 1.82) is 0 Å². The standard InChI is InChI=1S/C20H30N4O3/c1-5-14(3)21-19(26)16-8-9-17(13(2)11-16)23-20(27)22-15(4)12-24-10-6-7-18(24)25/h8-9,11,14-15H,5-7,10,12H2,1-4H3,(H,21,26)(H2,22,23,27). The van der Waals surface area contributed by atoms with E-state index in [2.05, 4.69) is 16.0 Å². The minimum atomic E-state index is -0.325. The number of carbonyl (C=O) groups excluding carboxylic acids is 3. The number of aryl methyl sites for hydroxylation is 1. The third kappa shape index (κ3) is 5.98. The topological polar surface area (TPSA) is 90.5 Å². The van der Waals surface area contributed by atoms with Crippen molar-refractivity contribution in [2.75, 3.05) is 18.4 Å². The number of urea groups is 1. The zero-order valence-electron chi connectivity index (χ0n) is 16.6. The minimum Gasteiger partial charge on any atom is -0.350 e. The van der Waals surface area contributed by atoms with E-state index in [9.17, 15) is 14.4 Å². The second-order valence-corrected chi connectivity index (χ2v) is 7.26. The molecule has 1 aliphatic heterocycles. The monoisotopic (exact) mass is 374 g/mol. The fraction of sp³-hybridized carbons (Fsp3) is 0.550. The molecule has 4 amide bonds. The van der Waals surface area contributed by atoms with Crippen molar-refractivity contribution in [2.45, 2.75) is 59.0 Å². The average Bonchev–Trinajstić information content (AvgIpc) is 3.00. The summed E-state index contributed by atoms with van der Waals surface area (Å²) >= 11 is 0. The van der Waals surface area contributed by atoms with Gasteiger partial charge in [-0.15, -0.1) is 0 Å². The lowest BCUT2D eigenvalue weighted by Gasteiger charge is -2.22. The first-order valence-electron chi connectivity index (χ1n) is 9.57. The van der Waals surface area contributed by atoms with Gasteiger partial charge in [-0.1, -0.05) is 6.92 Å². The SMILES string of the molecule is CCC(C)NC(=O)c1ccc(NC(=O)NC(C)CN2CCCC2=O)c(C)c1. The highest BCUT2D eigenvalue weighted by Gasteiger charge is 2.22. The normalized spacial score (nSPS) is 16.0. The van der Waals surface area contributed by atoms with Crippen LogP contribution < -0.4 is 16.0 Å². The summed E-state index contributed by atoms with van der Waals surface area (Å²) in [6.07, 6.45) is 2.34. The van der Waals surface area contributed by atoms with E-state index in [-0.39, 0.29) is 29.9 Å². The highest BCUT2D eigenvalue weighted by molar-refractivity contribution is 5.96. The van der Waals surface area contributed by atoms with Gasteiger partial charge in [0.05, 0.1) is 0 Å². The number of nitrogens with zero attached hydrogens (tertiary/aromatic N) is 1. The van der Waals surface area contributed by atoms with Gasteiger partial charge in [0.25, 0.3) is 5.91 Å². The Labute approximate surface area is 160 Å². The number of anilines is 1. The van der Waals surface area contributed by atoms with Crippen molar-refractivity contribution >= 4 is 23.5 Å². The Balaban J connectivity index is 1.89. The molecule has 148 valence electrons. The second kappa shape index (κ2) is 9.39. The molecule has 1 aromatic carbocycles. The molecule has 0 radical (unpaired) electrons. The molecule has 2 rings (SSSR count). The molecular formula is C20H30N4O3. The maximum atomic E-state index is 12.2. The van der Waals surface area contributed by atoms with E-state index in [1.54, 1.807) is 23.1 Å². The number of carbonyl (C=O) groups is 3. The first-order valence-corrected chi connectivity index (χ1v) is 9.57. The van der Waals surface area contributed by atoms with E-state index in [1.807, 2.05) is 27.7 Å². The Morgan fingerprint density at radius 2 is 1.93 bits per heavy atom. The predicted molar refractivity (Wildman–Crippen MR) is 106 cm³/mol. The fourth-order valence-electron chi connectivity index (χ4n) is 3.01. The number of likely N-dealkylation sites (tertiary alicyclic amines) is 1. The van der Waals surface area contributed by atoms with Crippen molar-refractivity contribution in [2.24, 2.45) is 0 Å². The molecule has 0 aromatic heterocycles. The molecule has 1 fully saturated rings. The lowest BCUT2D eigenvalue weighted by Crippen LogP contribution is -2.44. The molecule has 1 aromatic rings. The Morgan fingerprint density at radius 3 is 2.52 bits per heavy atom. The van der Waals surface area contributed by atoms with Crippen LogP contribution in [0.25, 0.3) is 0 Å². The van der Waals surface area contributed by atoms with Crippen molar-refractivity contribution in [3.63, 3.8) is 0 Å². The first kappa shape index (κ1) is 20.7. The smallest absolute Gasteiger partial charge is 0.319 e. The number of nitrogens with one attached hydrogen (secondary N) is 3.